The molecule has 0 aliphatic carbocycles. The van der Waals surface area contributed by atoms with Gasteiger partial charge in [0, 0.05) is 36.8 Å². The lowest BCUT2D eigenvalue weighted by Gasteiger charge is -2.18. The van der Waals surface area contributed by atoms with E-state index in [9.17, 15) is 0 Å². The van der Waals surface area contributed by atoms with Gasteiger partial charge in [0.15, 0.2) is 0 Å². The summed E-state index contributed by atoms with van der Waals surface area (Å²) in [5.41, 5.74) is 17.0. The van der Waals surface area contributed by atoms with Crippen LogP contribution in [0.1, 0.15) is 13.0 Å². The molecule has 1 heterocycles. The summed E-state index contributed by atoms with van der Waals surface area (Å²) < 4.78 is 4.51. The van der Waals surface area contributed by atoms with E-state index in [-0.39, 0.29) is 7.43 Å². The van der Waals surface area contributed by atoms with Gasteiger partial charge < -0.3 is 9.88 Å². The van der Waals surface area contributed by atoms with Gasteiger partial charge in [-0.3, -0.25) is 0 Å². The highest BCUT2D eigenvalue weighted by atomic mass is 79.9. The van der Waals surface area contributed by atoms with Crippen molar-refractivity contribution in [2.24, 2.45) is 0 Å². The first-order chi connectivity index (χ1) is 32.9. The maximum absolute atomic E-state index is 3.55. The maximum atomic E-state index is 3.55. The standard InChI is InChI=1S/C39H26Br2.C24H18N2.CH4/c1-25-6-23-36-37(24-25)39(31-13-9-27(10-14-31)29-17-21-33(41)22-18-29)35-5-3-2-4-34(35)38(36)30-11-7-26(8-12-30)28-15-19-32(40)20-16-28;1-2-8-18(9-3-1)25-19-14-16-20(17-15-19)26-23-12-6-4-10-21(23)22-11-5-7-13-24(22)26;/h2-24H,1H3;1-17,25H;1H4. The summed E-state index contributed by atoms with van der Waals surface area (Å²) in [5, 5.41) is 11.1. The number of hydrogen-bond donors (Lipinski definition) is 1. The van der Waals surface area contributed by atoms with Crippen molar-refractivity contribution < 1.29 is 0 Å². The van der Waals surface area contributed by atoms with Gasteiger partial charge in [-0.2, -0.15) is 0 Å². The summed E-state index contributed by atoms with van der Waals surface area (Å²) in [5.74, 6) is 0. The molecule has 1 aromatic heterocycles. The van der Waals surface area contributed by atoms with E-state index in [0.29, 0.717) is 0 Å². The molecule has 328 valence electrons. The highest BCUT2D eigenvalue weighted by molar-refractivity contribution is 9.10. The lowest BCUT2D eigenvalue weighted by atomic mass is 9.85. The van der Waals surface area contributed by atoms with Crippen molar-refractivity contribution in [2.45, 2.75) is 14.4 Å². The average Bonchev–Trinajstić information content (AvgIpc) is 3.71. The van der Waals surface area contributed by atoms with Crippen molar-refractivity contribution in [3.8, 4) is 50.2 Å². The fourth-order valence-corrected chi connectivity index (χ4v) is 9.97. The molecule has 0 spiro atoms. The summed E-state index contributed by atoms with van der Waals surface area (Å²) >= 11 is 7.10. The van der Waals surface area contributed by atoms with Gasteiger partial charge in [0.1, 0.15) is 0 Å². The monoisotopic (exact) mass is 1000 g/mol. The van der Waals surface area contributed by atoms with Crippen LogP contribution in [0, 0.1) is 6.92 Å². The molecule has 2 nitrogen and oxygen atoms in total. The van der Waals surface area contributed by atoms with Crippen molar-refractivity contribution in [1.82, 2.24) is 4.57 Å². The minimum absolute atomic E-state index is 0. The van der Waals surface area contributed by atoms with E-state index in [1.165, 1.54) is 99.1 Å². The summed E-state index contributed by atoms with van der Waals surface area (Å²) in [6, 6.07) is 86.8. The molecule has 0 fully saturated rings. The number of rotatable bonds is 7. The first kappa shape index (κ1) is 44.3. The number of nitrogens with one attached hydrogen (secondary N) is 1. The number of aryl methyl sites for hydroxylation is 1. The second-order valence-electron chi connectivity index (χ2n) is 16.9. The van der Waals surface area contributed by atoms with E-state index in [1.807, 2.05) is 18.2 Å². The largest absolute Gasteiger partial charge is 0.356 e. The van der Waals surface area contributed by atoms with Gasteiger partial charge in [-0.05, 0) is 146 Å². The summed E-state index contributed by atoms with van der Waals surface area (Å²) in [6.45, 7) is 2.18. The Balaban J connectivity index is 0.000000172. The first-order valence-electron chi connectivity index (χ1n) is 22.5. The van der Waals surface area contributed by atoms with E-state index in [0.717, 1.165) is 20.3 Å². The Bertz CT molecular complexity index is 3640. The molecule has 11 aromatic carbocycles. The second kappa shape index (κ2) is 19.4. The lowest BCUT2D eigenvalue weighted by Crippen LogP contribution is -1.95. The molecule has 1 N–H and O–H groups in total. The van der Waals surface area contributed by atoms with Gasteiger partial charge in [0.05, 0.1) is 11.0 Å². The molecule has 0 unspecified atom stereocenters. The minimum Gasteiger partial charge on any atom is -0.356 e. The van der Waals surface area contributed by atoms with Crippen LogP contribution in [0.2, 0.25) is 0 Å². The average molecular weight is 1000 g/mol. The highest BCUT2D eigenvalue weighted by Gasteiger charge is 2.18. The van der Waals surface area contributed by atoms with Crippen molar-refractivity contribution in [1.29, 1.82) is 0 Å². The van der Waals surface area contributed by atoms with Gasteiger partial charge in [-0.15, -0.1) is 0 Å². The normalized spacial score (nSPS) is 11.0. The van der Waals surface area contributed by atoms with Crippen LogP contribution in [0.4, 0.5) is 11.4 Å². The number of para-hydroxylation sites is 3. The molecule has 0 aliphatic rings. The van der Waals surface area contributed by atoms with Crippen molar-refractivity contribution in [3.05, 3.63) is 257 Å². The van der Waals surface area contributed by atoms with E-state index in [2.05, 4.69) is 273 Å². The Hall–Kier alpha value is -7.50. The van der Waals surface area contributed by atoms with Crippen LogP contribution in [0.5, 0.6) is 0 Å². The number of halogens is 2. The second-order valence-corrected chi connectivity index (χ2v) is 18.8. The number of aromatic nitrogens is 1. The molecular weight excluding hydrogens is 957 g/mol. The molecular formula is C64H48Br2N2. The Morgan fingerprint density at radius 2 is 0.691 bits per heavy atom. The summed E-state index contributed by atoms with van der Waals surface area (Å²) in [6.07, 6.45) is 0. The summed E-state index contributed by atoms with van der Waals surface area (Å²) in [4.78, 5) is 0. The van der Waals surface area contributed by atoms with Gasteiger partial charge >= 0.3 is 0 Å². The van der Waals surface area contributed by atoms with Crippen LogP contribution in [-0.4, -0.2) is 4.57 Å². The molecule has 68 heavy (non-hydrogen) atoms. The number of fused-ring (bicyclic) bond motifs is 5. The van der Waals surface area contributed by atoms with Crippen LogP contribution in [0.15, 0.2) is 252 Å². The number of benzene rings is 11. The van der Waals surface area contributed by atoms with Gasteiger partial charge in [-0.25, -0.2) is 0 Å². The molecule has 0 aliphatic heterocycles. The van der Waals surface area contributed by atoms with Crippen molar-refractivity contribution >= 4 is 86.6 Å². The zero-order valence-electron chi connectivity index (χ0n) is 36.8. The molecule has 0 atom stereocenters. The zero-order chi connectivity index (χ0) is 45.3. The third-order valence-corrected chi connectivity index (χ3v) is 13.7. The lowest BCUT2D eigenvalue weighted by molar-refractivity contribution is 1.18. The van der Waals surface area contributed by atoms with Crippen LogP contribution >= 0.6 is 31.9 Å². The minimum atomic E-state index is 0. The molecule has 0 radical (unpaired) electrons. The Morgan fingerprint density at radius 3 is 1.18 bits per heavy atom. The molecule has 0 saturated carbocycles. The molecule has 0 bridgehead atoms. The smallest absolute Gasteiger partial charge is 0.0541 e. The Labute approximate surface area is 415 Å². The van der Waals surface area contributed by atoms with E-state index in [1.54, 1.807) is 0 Å². The van der Waals surface area contributed by atoms with Gasteiger partial charge in [-0.1, -0.05) is 215 Å². The Morgan fingerprint density at radius 1 is 0.324 bits per heavy atom. The molecule has 12 rings (SSSR count). The van der Waals surface area contributed by atoms with Crippen LogP contribution in [0.3, 0.4) is 0 Å². The first-order valence-corrected chi connectivity index (χ1v) is 24.1. The molecule has 4 heteroatoms. The van der Waals surface area contributed by atoms with Gasteiger partial charge in [0.2, 0.25) is 0 Å². The van der Waals surface area contributed by atoms with Crippen molar-refractivity contribution in [2.75, 3.05) is 5.32 Å². The predicted molar refractivity (Wildman–Crippen MR) is 301 cm³/mol. The number of hydrogen-bond acceptors (Lipinski definition) is 1. The number of anilines is 2. The Kier molecular flexibility index (Phi) is 12.6. The van der Waals surface area contributed by atoms with Crippen LogP contribution in [0.25, 0.3) is 93.5 Å². The van der Waals surface area contributed by atoms with Crippen molar-refractivity contribution in [3.63, 3.8) is 0 Å². The topological polar surface area (TPSA) is 17.0 Å². The third kappa shape index (κ3) is 8.77. The maximum Gasteiger partial charge on any atom is 0.0541 e. The van der Waals surface area contributed by atoms with Crippen LogP contribution < -0.4 is 5.32 Å². The van der Waals surface area contributed by atoms with Crippen LogP contribution in [-0.2, 0) is 0 Å². The predicted octanol–water partition coefficient (Wildman–Crippen LogP) is 19.7. The summed E-state index contributed by atoms with van der Waals surface area (Å²) in [7, 11) is 0. The quantitative estimate of drug-likeness (QED) is 0.157. The van der Waals surface area contributed by atoms with Gasteiger partial charge in [0.25, 0.3) is 0 Å². The zero-order valence-corrected chi connectivity index (χ0v) is 40.0. The number of nitrogens with zero attached hydrogens (tertiary/aromatic N) is 1. The van der Waals surface area contributed by atoms with E-state index in [4.69, 9.17) is 0 Å². The van der Waals surface area contributed by atoms with E-state index < -0.39 is 0 Å². The molecule has 12 aromatic rings. The third-order valence-electron chi connectivity index (χ3n) is 12.6. The SMILES string of the molecule is C.Cc1ccc2c(-c3ccc(-c4ccc(Br)cc4)cc3)c3ccccc3c(-c3ccc(-c4ccc(Br)cc4)cc3)c2c1.c1ccc(Nc2ccc(-n3c4ccccc4c4ccccc43)cc2)cc1. The van der Waals surface area contributed by atoms with E-state index >= 15 is 0 Å². The molecule has 0 saturated heterocycles. The molecule has 0 amide bonds. The highest BCUT2D eigenvalue weighted by Crippen LogP contribution is 2.45. The fraction of sp³-hybridized carbons (Fsp3) is 0.0312. The fourth-order valence-electron chi connectivity index (χ4n) is 9.44.